The van der Waals surface area contributed by atoms with Crippen molar-refractivity contribution in [1.82, 2.24) is 15.5 Å². The molecule has 3 aromatic rings. The van der Waals surface area contributed by atoms with Gasteiger partial charge in [0.05, 0.1) is 14.2 Å². The number of carbonyl (C=O) groups is 2. The average molecular weight is 425 g/mol. The number of esters is 1. The number of benzene rings is 2. The Morgan fingerprint density at radius 3 is 2.58 bits per heavy atom. The summed E-state index contributed by atoms with van der Waals surface area (Å²) in [6.45, 7) is 3.21. The van der Waals surface area contributed by atoms with E-state index < -0.39 is 12.0 Å². The van der Waals surface area contributed by atoms with Gasteiger partial charge in [-0.1, -0.05) is 22.9 Å². The molecule has 1 N–H and O–H groups in total. The monoisotopic (exact) mass is 425 g/mol. The highest BCUT2D eigenvalue weighted by atomic mass is 16.6. The molecule has 2 aromatic carbocycles. The number of methoxy groups -OCH3 is 2. The van der Waals surface area contributed by atoms with Crippen molar-refractivity contribution in [3.8, 4) is 22.9 Å². The van der Waals surface area contributed by atoms with Gasteiger partial charge in [-0.3, -0.25) is 4.79 Å². The average Bonchev–Trinajstić information content (AvgIpc) is 3.25. The Bertz CT molecular complexity index is 1080. The molecule has 0 unspecified atom stereocenters. The molecule has 0 aliphatic rings. The molecule has 1 amide bonds. The molecule has 0 saturated carbocycles. The maximum atomic E-state index is 12.3. The highest BCUT2D eigenvalue weighted by molar-refractivity contribution is 5.96. The lowest BCUT2D eigenvalue weighted by Gasteiger charge is -2.12. The van der Waals surface area contributed by atoms with Crippen LogP contribution < -0.4 is 14.8 Å². The van der Waals surface area contributed by atoms with Crippen LogP contribution in [-0.4, -0.2) is 42.3 Å². The van der Waals surface area contributed by atoms with Gasteiger partial charge in [-0.25, -0.2) is 4.79 Å². The van der Waals surface area contributed by atoms with Crippen LogP contribution in [0.4, 0.5) is 0 Å². The maximum absolute atomic E-state index is 12.3. The highest BCUT2D eigenvalue weighted by Gasteiger charge is 2.20. The largest absolute Gasteiger partial charge is 0.493 e. The van der Waals surface area contributed by atoms with Crippen LogP contribution in [0.15, 0.2) is 47.0 Å². The fraction of sp³-hybridized carbons (Fsp3) is 0.273. The van der Waals surface area contributed by atoms with Gasteiger partial charge in [0.15, 0.2) is 18.1 Å². The van der Waals surface area contributed by atoms with E-state index in [9.17, 15) is 9.59 Å². The minimum absolute atomic E-state index is 0.121. The third-order valence-electron chi connectivity index (χ3n) is 4.43. The summed E-state index contributed by atoms with van der Waals surface area (Å²) in [7, 11) is 3.07. The van der Waals surface area contributed by atoms with Crippen LogP contribution in [-0.2, 0) is 16.1 Å². The van der Waals surface area contributed by atoms with Gasteiger partial charge < -0.3 is 24.1 Å². The number of hydrogen-bond donors (Lipinski definition) is 1. The van der Waals surface area contributed by atoms with E-state index in [-0.39, 0.29) is 18.4 Å². The lowest BCUT2D eigenvalue weighted by molar-refractivity contribution is -0.147. The van der Waals surface area contributed by atoms with Crippen LogP contribution in [0.5, 0.6) is 11.5 Å². The van der Waals surface area contributed by atoms with E-state index in [2.05, 4.69) is 15.5 Å². The summed E-state index contributed by atoms with van der Waals surface area (Å²) in [5.74, 6) is 0.554. The van der Waals surface area contributed by atoms with Crippen LogP contribution in [0.25, 0.3) is 11.4 Å². The van der Waals surface area contributed by atoms with Gasteiger partial charge in [-0.05, 0) is 44.2 Å². The quantitative estimate of drug-likeness (QED) is 0.548. The standard InChI is InChI=1S/C22H23N3O6/c1-13-6-5-7-16(10-13)21(26)23-14(2)22(27)30-12-19-24-20(25-31-19)15-8-9-17(28-3)18(11-15)29-4/h5-11,14H,12H2,1-4H3,(H,23,26)/t14-/m0/s1. The number of nitrogens with one attached hydrogen (secondary N) is 1. The number of rotatable bonds is 8. The number of nitrogens with zero attached hydrogens (tertiary/aromatic N) is 2. The van der Waals surface area contributed by atoms with Crippen molar-refractivity contribution in [1.29, 1.82) is 0 Å². The van der Waals surface area contributed by atoms with E-state index in [0.717, 1.165) is 5.56 Å². The molecule has 9 nitrogen and oxygen atoms in total. The summed E-state index contributed by atoms with van der Waals surface area (Å²) in [6.07, 6.45) is 0. The molecule has 3 rings (SSSR count). The second-order valence-electron chi connectivity index (χ2n) is 6.75. The van der Waals surface area contributed by atoms with Gasteiger partial charge in [0, 0.05) is 11.1 Å². The number of aromatic nitrogens is 2. The van der Waals surface area contributed by atoms with Crippen molar-refractivity contribution in [2.75, 3.05) is 14.2 Å². The Hall–Kier alpha value is -3.88. The molecular formula is C22H23N3O6. The molecule has 0 saturated heterocycles. The highest BCUT2D eigenvalue weighted by Crippen LogP contribution is 2.31. The second-order valence-corrected chi connectivity index (χ2v) is 6.75. The number of ether oxygens (including phenoxy) is 3. The molecule has 0 bridgehead atoms. The second kappa shape index (κ2) is 9.75. The first-order valence-electron chi connectivity index (χ1n) is 9.50. The van der Waals surface area contributed by atoms with Crippen molar-refractivity contribution in [3.05, 3.63) is 59.5 Å². The maximum Gasteiger partial charge on any atom is 0.328 e. The molecule has 1 aromatic heterocycles. The van der Waals surface area contributed by atoms with Gasteiger partial charge in [0.25, 0.3) is 11.8 Å². The smallest absolute Gasteiger partial charge is 0.328 e. The minimum atomic E-state index is -0.846. The molecule has 0 aliphatic carbocycles. The van der Waals surface area contributed by atoms with E-state index in [4.69, 9.17) is 18.7 Å². The molecule has 0 radical (unpaired) electrons. The molecule has 0 fully saturated rings. The summed E-state index contributed by atoms with van der Waals surface area (Å²) in [4.78, 5) is 28.7. The van der Waals surface area contributed by atoms with Crippen LogP contribution in [0, 0.1) is 6.92 Å². The Kier molecular flexibility index (Phi) is 6.86. The zero-order valence-corrected chi connectivity index (χ0v) is 17.7. The van der Waals surface area contributed by atoms with Gasteiger partial charge in [-0.15, -0.1) is 0 Å². The topological polar surface area (TPSA) is 113 Å². The predicted molar refractivity (Wildman–Crippen MR) is 111 cm³/mol. The third kappa shape index (κ3) is 5.39. The predicted octanol–water partition coefficient (Wildman–Crippen LogP) is 2.92. The zero-order valence-electron chi connectivity index (χ0n) is 17.7. The van der Waals surface area contributed by atoms with Crippen molar-refractivity contribution in [2.24, 2.45) is 0 Å². The lowest BCUT2D eigenvalue weighted by atomic mass is 10.1. The molecule has 31 heavy (non-hydrogen) atoms. The summed E-state index contributed by atoms with van der Waals surface area (Å²) in [5.41, 5.74) is 2.07. The molecule has 162 valence electrons. The molecule has 9 heteroatoms. The SMILES string of the molecule is COc1ccc(-c2noc(COC(=O)[C@H](C)NC(=O)c3cccc(C)c3)n2)cc1OC. The van der Waals surface area contributed by atoms with E-state index in [1.165, 1.54) is 7.11 Å². The van der Waals surface area contributed by atoms with Gasteiger partial charge in [0.2, 0.25) is 5.82 Å². The van der Waals surface area contributed by atoms with Crippen LogP contribution in [0.1, 0.15) is 28.7 Å². The zero-order chi connectivity index (χ0) is 22.4. The van der Waals surface area contributed by atoms with E-state index in [1.807, 2.05) is 13.0 Å². The van der Waals surface area contributed by atoms with E-state index in [1.54, 1.807) is 50.4 Å². The Labute approximate surface area is 179 Å². The molecule has 0 spiro atoms. The fourth-order valence-corrected chi connectivity index (χ4v) is 2.79. The van der Waals surface area contributed by atoms with Gasteiger partial charge >= 0.3 is 5.97 Å². The Morgan fingerprint density at radius 2 is 1.87 bits per heavy atom. The molecule has 1 heterocycles. The van der Waals surface area contributed by atoms with E-state index >= 15 is 0 Å². The third-order valence-corrected chi connectivity index (χ3v) is 4.43. The van der Waals surface area contributed by atoms with Crippen molar-refractivity contribution >= 4 is 11.9 Å². The van der Waals surface area contributed by atoms with Crippen LogP contribution >= 0.6 is 0 Å². The summed E-state index contributed by atoms with van der Waals surface area (Å²) in [5, 5.41) is 6.50. The van der Waals surface area contributed by atoms with Crippen molar-refractivity contribution < 1.29 is 28.3 Å². The first-order chi connectivity index (χ1) is 14.9. The van der Waals surface area contributed by atoms with Crippen LogP contribution in [0.3, 0.4) is 0 Å². The number of amides is 1. The summed E-state index contributed by atoms with van der Waals surface area (Å²) >= 11 is 0. The number of carbonyl (C=O) groups excluding carboxylic acids is 2. The molecular weight excluding hydrogens is 402 g/mol. The fourth-order valence-electron chi connectivity index (χ4n) is 2.79. The van der Waals surface area contributed by atoms with Gasteiger partial charge in [0.1, 0.15) is 6.04 Å². The first-order valence-corrected chi connectivity index (χ1v) is 9.50. The molecule has 1 atom stereocenters. The summed E-state index contributed by atoms with van der Waals surface area (Å²) < 4.78 is 20.8. The van der Waals surface area contributed by atoms with Crippen molar-refractivity contribution in [2.45, 2.75) is 26.5 Å². The van der Waals surface area contributed by atoms with E-state index in [0.29, 0.717) is 28.5 Å². The summed E-state index contributed by atoms with van der Waals surface area (Å²) in [6, 6.07) is 11.4. The van der Waals surface area contributed by atoms with Crippen molar-refractivity contribution in [3.63, 3.8) is 0 Å². The number of hydrogen-bond acceptors (Lipinski definition) is 8. The first kappa shape index (κ1) is 21.8. The van der Waals surface area contributed by atoms with Gasteiger partial charge in [-0.2, -0.15) is 4.98 Å². The number of aryl methyl sites for hydroxylation is 1. The minimum Gasteiger partial charge on any atom is -0.493 e. The normalized spacial score (nSPS) is 11.5. The molecule has 0 aliphatic heterocycles. The lowest BCUT2D eigenvalue weighted by Crippen LogP contribution is -2.39. The Morgan fingerprint density at radius 1 is 1.10 bits per heavy atom. The Balaban J connectivity index is 1.57. The van der Waals surface area contributed by atoms with Crippen LogP contribution in [0.2, 0.25) is 0 Å².